The number of phenolic OH excluding ortho intramolecular Hbond substituents is 1. The summed E-state index contributed by atoms with van der Waals surface area (Å²) in [5.41, 5.74) is 0.0510. The molecule has 0 heterocycles. The average Bonchev–Trinajstić information content (AvgIpc) is 2.53. The number of hydrogen-bond acceptors (Lipinski definition) is 4. The zero-order chi connectivity index (χ0) is 16.1. The molecule has 0 aliphatic heterocycles. The van der Waals surface area contributed by atoms with Crippen molar-refractivity contribution >= 4 is 22.6 Å². The second-order valence-corrected chi connectivity index (χ2v) is 5.14. The molecule has 0 fully saturated rings. The van der Waals surface area contributed by atoms with Crippen LogP contribution >= 0.6 is 0 Å². The summed E-state index contributed by atoms with van der Waals surface area (Å²) >= 11 is 0. The van der Waals surface area contributed by atoms with Gasteiger partial charge >= 0.3 is 5.97 Å². The molecular formula is C17H19NO4. The molecule has 1 unspecified atom stereocenters. The van der Waals surface area contributed by atoms with E-state index in [0.29, 0.717) is 5.39 Å². The van der Waals surface area contributed by atoms with Gasteiger partial charge in [0.2, 0.25) is 0 Å². The van der Waals surface area contributed by atoms with Crippen LogP contribution in [0.4, 0.5) is 0 Å². The Kier molecular flexibility index (Phi) is 4.99. The first kappa shape index (κ1) is 15.8. The first-order valence-corrected chi connectivity index (χ1v) is 7.20. The summed E-state index contributed by atoms with van der Waals surface area (Å²) in [6.45, 7) is 3.45. The van der Waals surface area contributed by atoms with Gasteiger partial charge in [0.1, 0.15) is 11.3 Å². The minimum Gasteiger partial charge on any atom is -0.506 e. The van der Waals surface area contributed by atoms with Gasteiger partial charge in [-0.1, -0.05) is 37.3 Å². The fourth-order valence-electron chi connectivity index (χ4n) is 2.05. The Bertz CT molecular complexity index is 696. The summed E-state index contributed by atoms with van der Waals surface area (Å²) in [5.74, 6) is -1.21. The lowest BCUT2D eigenvalue weighted by molar-refractivity contribution is -0.124. The van der Waals surface area contributed by atoms with Gasteiger partial charge in [0.05, 0.1) is 0 Å². The molecule has 0 bridgehead atoms. The lowest BCUT2D eigenvalue weighted by atomic mass is 10.1. The van der Waals surface area contributed by atoms with Gasteiger partial charge in [0, 0.05) is 11.4 Å². The lowest BCUT2D eigenvalue weighted by Crippen LogP contribution is -2.35. The molecule has 2 aromatic carbocycles. The highest BCUT2D eigenvalue weighted by molar-refractivity contribution is 6.01. The maximum absolute atomic E-state index is 12.0. The molecule has 2 N–H and O–H groups in total. The number of rotatable bonds is 5. The number of carbonyl (C=O) groups is 2. The first-order chi connectivity index (χ1) is 10.5. The van der Waals surface area contributed by atoms with Gasteiger partial charge in [-0.25, -0.2) is 4.79 Å². The SMILES string of the molecule is CCC(C)NC(=O)COC(=O)c1ccc2ccccc2c1O. The monoisotopic (exact) mass is 301 g/mol. The van der Waals surface area contributed by atoms with Crippen LogP contribution in [0.3, 0.4) is 0 Å². The predicted molar refractivity (Wildman–Crippen MR) is 83.8 cm³/mol. The third-order valence-electron chi connectivity index (χ3n) is 3.47. The number of hydrogen-bond donors (Lipinski definition) is 2. The lowest BCUT2D eigenvalue weighted by Gasteiger charge is -2.12. The minimum atomic E-state index is -0.720. The van der Waals surface area contributed by atoms with E-state index in [4.69, 9.17) is 4.74 Å². The highest BCUT2D eigenvalue weighted by Gasteiger charge is 2.16. The molecule has 0 saturated heterocycles. The first-order valence-electron chi connectivity index (χ1n) is 7.20. The van der Waals surface area contributed by atoms with Gasteiger partial charge in [0.15, 0.2) is 6.61 Å². The van der Waals surface area contributed by atoms with Crippen molar-refractivity contribution in [3.05, 3.63) is 42.0 Å². The maximum atomic E-state index is 12.0. The second kappa shape index (κ2) is 6.93. The number of esters is 1. The standard InChI is InChI=1S/C17H19NO4/c1-3-11(2)18-15(19)10-22-17(21)14-9-8-12-6-4-5-7-13(12)16(14)20/h4-9,11,20H,3,10H2,1-2H3,(H,18,19). The molecule has 5 nitrogen and oxygen atoms in total. The van der Waals surface area contributed by atoms with Gasteiger partial charge in [-0.2, -0.15) is 0 Å². The molecule has 0 spiro atoms. The largest absolute Gasteiger partial charge is 0.506 e. The minimum absolute atomic E-state index is 0.0280. The van der Waals surface area contributed by atoms with E-state index < -0.39 is 5.97 Å². The van der Waals surface area contributed by atoms with E-state index in [1.54, 1.807) is 18.2 Å². The number of amides is 1. The molecule has 0 aliphatic carbocycles. The summed E-state index contributed by atoms with van der Waals surface area (Å²) in [6.07, 6.45) is 0.797. The third-order valence-corrected chi connectivity index (χ3v) is 3.47. The normalized spacial score (nSPS) is 11.9. The van der Waals surface area contributed by atoms with E-state index in [1.807, 2.05) is 26.0 Å². The molecule has 0 radical (unpaired) electrons. The van der Waals surface area contributed by atoms with E-state index in [0.717, 1.165) is 11.8 Å². The predicted octanol–water partition coefficient (Wildman–Crippen LogP) is 2.62. The molecule has 0 saturated carbocycles. The number of benzene rings is 2. The van der Waals surface area contributed by atoms with Crippen LogP contribution in [-0.2, 0) is 9.53 Å². The molecule has 22 heavy (non-hydrogen) atoms. The van der Waals surface area contributed by atoms with E-state index in [2.05, 4.69) is 5.32 Å². The van der Waals surface area contributed by atoms with Crippen LogP contribution in [0.2, 0.25) is 0 Å². The van der Waals surface area contributed by atoms with E-state index in [1.165, 1.54) is 6.07 Å². The molecule has 116 valence electrons. The van der Waals surface area contributed by atoms with Crippen LogP contribution in [-0.4, -0.2) is 29.6 Å². The molecule has 1 amide bonds. The summed E-state index contributed by atoms with van der Waals surface area (Å²) in [7, 11) is 0. The summed E-state index contributed by atoms with van der Waals surface area (Å²) < 4.78 is 4.95. The Labute approximate surface area is 128 Å². The molecule has 2 rings (SSSR count). The fourth-order valence-corrected chi connectivity index (χ4v) is 2.05. The van der Waals surface area contributed by atoms with Crippen LogP contribution in [0.15, 0.2) is 36.4 Å². The zero-order valence-corrected chi connectivity index (χ0v) is 12.6. The quantitative estimate of drug-likeness (QED) is 0.832. The average molecular weight is 301 g/mol. The third kappa shape index (κ3) is 3.55. The Morgan fingerprint density at radius 3 is 2.68 bits per heavy atom. The Hall–Kier alpha value is -2.56. The number of fused-ring (bicyclic) bond motifs is 1. The van der Waals surface area contributed by atoms with Crippen LogP contribution < -0.4 is 5.32 Å². The summed E-state index contributed by atoms with van der Waals surface area (Å²) in [6, 6.07) is 10.4. The van der Waals surface area contributed by atoms with E-state index >= 15 is 0 Å². The van der Waals surface area contributed by atoms with E-state index in [9.17, 15) is 14.7 Å². The Morgan fingerprint density at radius 2 is 1.95 bits per heavy atom. The molecule has 0 aromatic heterocycles. The van der Waals surface area contributed by atoms with Gasteiger partial charge in [-0.3, -0.25) is 4.79 Å². The van der Waals surface area contributed by atoms with Crippen molar-refractivity contribution in [2.45, 2.75) is 26.3 Å². The zero-order valence-electron chi connectivity index (χ0n) is 12.6. The van der Waals surface area contributed by atoms with Crippen LogP contribution in [0, 0.1) is 0 Å². The maximum Gasteiger partial charge on any atom is 0.342 e. The van der Waals surface area contributed by atoms with Crippen molar-refractivity contribution in [3.8, 4) is 5.75 Å². The van der Waals surface area contributed by atoms with Crippen molar-refractivity contribution in [2.75, 3.05) is 6.61 Å². The highest BCUT2D eigenvalue weighted by atomic mass is 16.5. The number of phenols is 1. The molecule has 1 atom stereocenters. The Balaban J connectivity index is 2.07. The van der Waals surface area contributed by atoms with Crippen molar-refractivity contribution in [2.24, 2.45) is 0 Å². The number of nitrogens with one attached hydrogen (secondary N) is 1. The fraction of sp³-hybridized carbons (Fsp3) is 0.294. The molecule has 2 aromatic rings. The molecular weight excluding hydrogens is 282 g/mol. The van der Waals surface area contributed by atoms with Gasteiger partial charge < -0.3 is 15.2 Å². The van der Waals surface area contributed by atoms with Crippen molar-refractivity contribution in [1.29, 1.82) is 0 Å². The highest BCUT2D eigenvalue weighted by Crippen LogP contribution is 2.28. The number of carbonyl (C=O) groups excluding carboxylic acids is 2. The number of ether oxygens (including phenoxy) is 1. The van der Waals surface area contributed by atoms with E-state index in [-0.39, 0.29) is 29.9 Å². The topological polar surface area (TPSA) is 75.6 Å². The van der Waals surface area contributed by atoms with Gasteiger partial charge in [-0.05, 0) is 24.8 Å². The second-order valence-electron chi connectivity index (χ2n) is 5.14. The molecule has 5 heteroatoms. The van der Waals surface area contributed by atoms with Crippen molar-refractivity contribution in [3.63, 3.8) is 0 Å². The summed E-state index contributed by atoms with van der Waals surface area (Å²) in [4.78, 5) is 23.6. The van der Waals surface area contributed by atoms with Crippen LogP contribution in [0.25, 0.3) is 10.8 Å². The summed E-state index contributed by atoms with van der Waals surface area (Å²) in [5, 5.41) is 14.3. The smallest absolute Gasteiger partial charge is 0.342 e. The van der Waals surface area contributed by atoms with Gasteiger partial charge in [-0.15, -0.1) is 0 Å². The van der Waals surface area contributed by atoms with Crippen LogP contribution in [0.5, 0.6) is 5.75 Å². The van der Waals surface area contributed by atoms with Crippen LogP contribution in [0.1, 0.15) is 30.6 Å². The van der Waals surface area contributed by atoms with Crippen molar-refractivity contribution in [1.82, 2.24) is 5.32 Å². The Morgan fingerprint density at radius 1 is 1.23 bits per heavy atom. The number of aromatic hydroxyl groups is 1. The van der Waals surface area contributed by atoms with Crippen molar-refractivity contribution < 1.29 is 19.4 Å². The van der Waals surface area contributed by atoms with Gasteiger partial charge in [0.25, 0.3) is 5.91 Å². The molecule has 0 aliphatic rings.